The van der Waals surface area contributed by atoms with Crippen LogP contribution in [0.5, 0.6) is 5.75 Å². The highest BCUT2D eigenvalue weighted by Gasteiger charge is 2.22. The van der Waals surface area contributed by atoms with Crippen LogP contribution in [0, 0.1) is 0 Å². The van der Waals surface area contributed by atoms with Gasteiger partial charge in [0.1, 0.15) is 0 Å². The van der Waals surface area contributed by atoms with Gasteiger partial charge in [-0.2, -0.15) is 5.10 Å². The highest BCUT2D eigenvalue weighted by molar-refractivity contribution is 7.89. The van der Waals surface area contributed by atoms with Crippen molar-refractivity contribution < 1.29 is 27.5 Å². The number of carbonyl (C=O) groups is 2. The third kappa shape index (κ3) is 5.80. The third-order valence-electron chi connectivity index (χ3n) is 4.74. The molecule has 0 aliphatic carbocycles. The summed E-state index contributed by atoms with van der Waals surface area (Å²) >= 11 is 0. The van der Waals surface area contributed by atoms with Gasteiger partial charge in [-0.15, -0.1) is 0 Å². The molecule has 0 radical (unpaired) electrons. The molecule has 180 valence electrons. The molecule has 1 heterocycles. The Morgan fingerprint density at radius 1 is 1.06 bits per heavy atom. The van der Waals surface area contributed by atoms with Crippen molar-refractivity contribution in [3.8, 4) is 11.4 Å². The van der Waals surface area contributed by atoms with E-state index in [9.17, 15) is 18.0 Å². The lowest BCUT2D eigenvalue weighted by atomic mass is 10.2. The number of ether oxygens (including phenoxy) is 2. The van der Waals surface area contributed by atoms with Crippen LogP contribution in [0.25, 0.3) is 5.69 Å². The molecular weight excluding hydrogens is 460 g/mol. The smallest absolute Gasteiger partial charge is 0.362 e. The van der Waals surface area contributed by atoms with E-state index in [0.29, 0.717) is 11.3 Å². The standard InChI is InChI=1S/C23H26N4O6S/c1-4-32-23(29)22-19(15-27(25-22)18-11-6-5-7-12-18)33-16-21(28)24-14-17-10-8-9-13-20(17)34(30,31)26(2)3/h5-13,15H,4,14,16H2,1-3H3,(H,24,28). The number of para-hydroxylation sites is 1. The largest absolute Gasteiger partial charge is 0.480 e. The Morgan fingerprint density at radius 2 is 1.74 bits per heavy atom. The van der Waals surface area contributed by atoms with Gasteiger partial charge >= 0.3 is 5.97 Å². The van der Waals surface area contributed by atoms with E-state index in [1.54, 1.807) is 37.3 Å². The minimum Gasteiger partial charge on any atom is -0.480 e. The first-order chi connectivity index (χ1) is 16.2. The molecule has 0 aliphatic rings. The highest BCUT2D eigenvalue weighted by atomic mass is 32.2. The molecule has 0 fully saturated rings. The summed E-state index contributed by atoms with van der Waals surface area (Å²) in [5, 5.41) is 6.88. The molecular formula is C23H26N4O6S. The fraction of sp³-hybridized carbons (Fsp3) is 0.261. The van der Waals surface area contributed by atoms with Crippen LogP contribution in [0.3, 0.4) is 0 Å². The second kappa shape index (κ2) is 10.9. The summed E-state index contributed by atoms with van der Waals surface area (Å²) in [5.41, 5.74) is 1.08. The Hall–Kier alpha value is -3.70. The van der Waals surface area contributed by atoms with Crippen molar-refractivity contribution in [2.24, 2.45) is 0 Å². The molecule has 34 heavy (non-hydrogen) atoms. The van der Waals surface area contributed by atoms with Crippen molar-refractivity contribution in [1.82, 2.24) is 19.4 Å². The van der Waals surface area contributed by atoms with E-state index in [2.05, 4.69) is 10.4 Å². The number of carbonyl (C=O) groups excluding carboxylic acids is 2. The molecule has 0 unspecified atom stereocenters. The van der Waals surface area contributed by atoms with E-state index in [0.717, 1.165) is 4.31 Å². The first kappa shape index (κ1) is 24.9. The molecule has 0 bridgehead atoms. The molecule has 0 atom stereocenters. The van der Waals surface area contributed by atoms with Gasteiger partial charge in [0, 0.05) is 20.6 Å². The zero-order chi connectivity index (χ0) is 24.7. The molecule has 1 aromatic heterocycles. The van der Waals surface area contributed by atoms with Crippen LogP contribution in [0.15, 0.2) is 65.7 Å². The maximum absolute atomic E-state index is 12.5. The number of amides is 1. The summed E-state index contributed by atoms with van der Waals surface area (Å²) in [4.78, 5) is 24.8. The lowest BCUT2D eigenvalue weighted by molar-refractivity contribution is -0.123. The molecule has 1 N–H and O–H groups in total. The first-order valence-corrected chi connectivity index (χ1v) is 11.9. The van der Waals surface area contributed by atoms with Gasteiger partial charge in [0.15, 0.2) is 12.4 Å². The number of rotatable bonds is 10. The molecule has 10 nitrogen and oxygen atoms in total. The average molecular weight is 487 g/mol. The minimum atomic E-state index is -3.67. The predicted molar refractivity (Wildman–Crippen MR) is 124 cm³/mol. The zero-order valence-corrected chi connectivity index (χ0v) is 19.9. The van der Waals surface area contributed by atoms with E-state index in [-0.39, 0.29) is 29.5 Å². The van der Waals surface area contributed by atoms with Crippen LogP contribution in [0.1, 0.15) is 23.0 Å². The van der Waals surface area contributed by atoms with Crippen LogP contribution in [0.4, 0.5) is 0 Å². The van der Waals surface area contributed by atoms with Gasteiger partial charge < -0.3 is 14.8 Å². The van der Waals surface area contributed by atoms with Crippen molar-refractivity contribution in [3.63, 3.8) is 0 Å². The van der Waals surface area contributed by atoms with Crippen LogP contribution < -0.4 is 10.1 Å². The van der Waals surface area contributed by atoms with Gasteiger partial charge in [-0.25, -0.2) is 22.2 Å². The van der Waals surface area contributed by atoms with Crippen LogP contribution >= 0.6 is 0 Å². The Bertz CT molecular complexity index is 1260. The molecule has 0 saturated heterocycles. The summed E-state index contributed by atoms with van der Waals surface area (Å²) in [7, 11) is -0.787. The van der Waals surface area contributed by atoms with Crippen LogP contribution in [-0.4, -0.2) is 61.7 Å². The van der Waals surface area contributed by atoms with E-state index < -0.39 is 28.5 Å². The predicted octanol–water partition coefficient (Wildman–Crippen LogP) is 1.99. The van der Waals surface area contributed by atoms with Crippen molar-refractivity contribution in [1.29, 1.82) is 0 Å². The van der Waals surface area contributed by atoms with Crippen molar-refractivity contribution in [2.45, 2.75) is 18.4 Å². The van der Waals surface area contributed by atoms with Gasteiger partial charge in [-0.05, 0) is 30.7 Å². The van der Waals surface area contributed by atoms with E-state index in [4.69, 9.17) is 9.47 Å². The lowest BCUT2D eigenvalue weighted by Crippen LogP contribution is -2.30. The lowest BCUT2D eigenvalue weighted by Gasteiger charge is -2.15. The number of nitrogens with one attached hydrogen (secondary N) is 1. The van der Waals surface area contributed by atoms with Gasteiger partial charge in [0.2, 0.25) is 15.7 Å². The van der Waals surface area contributed by atoms with Crippen LogP contribution in [0.2, 0.25) is 0 Å². The quantitative estimate of drug-likeness (QED) is 0.435. The Kier molecular flexibility index (Phi) is 8.03. The summed E-state index contributed by atoms with van der Waals surface area (Å²) < 4.78 is 38.2. The number of nitrogens with zero attached hydrogens (tertiary/aromatic N) is 3. The van der Waals surface area contributed by atoms with E-state index >= 15 is 0 Å². The van der Waals surface area contributed by atoms with Gasteiger partial charge in [-0.1, -0.05) is 36.4 Å². The first-order valence-electron chi connectivity index (χ1n) is 10.5. The van der Waals surface area contributed by atoms with E-state index in [1.807, 2.05) is 18.2 Å². The summed E-state index contributed by atoms with van der Waals surface area (Å²) in [6.07, 6.45) is 1.49. The molecule has 3 rings (SSSR count). The fourth-order valence-electron chi connectivity index (χ4n) is 3.00. The number of hydrogen-bond donors (Lipinski definition) is 1. The third-order valence-corrected chi connectivity index (χ3v) is 6.65. The summed E-state index contributed by atoms with van der Waals surface area (Å²) in [5.74, 6) is -1.08. The topological polar surface area (TPSA) is 120 Å². The highest BCUT2D eigenvalue weighted by Crippen LogP contribution is 2.21. The van der Waals surface area contributed by atoms with Crippen molar-refractivity contribution in [2.75, 3.05) is 27.3 Å². The summed E-state index contributed by atoms with van der Waals surface area (Å²) in [6.45, 7) is 1.41. The fourth-order valence-corrected chi connectivity index (χ4v) is 4.12. The second-order valence-electron chi connectivity index (χ2n) is 7.30. The molecule has 0 saturated carbocycles. The van der Waals surface area contributed by atoms with Crippen LogP contribution in [-0.2, 0) is 26.1 Å². The number of esters is 1. The SMILES string of the molecule is CCOC(=O)c1nn(-c2ccccc2)cc1OCC(=O)NCc1ccccc1S(=O)(=O)N(C)C. The van der Waals surface area contributed by atoms with Crippen molar-refractivity contribution >= 4 is 21.9 Å². The normalized spacial score (nSPS) is 11.3. The monoisotopic (exact) mass is 486 g/mol. The van der Waals surface area contributed by atoms with Gasteiger partial charge in [-0.3, -0.25) is 4.79 Å². The zero-order valence-electron chi connectivity index (χ0n) is 19.1. The molecule has 0 spiro atoms. The Labute approximate surface area is 198 Å². The van der Waals surface area contributed by atoms with Crippen molar-refractivity contribution in [3.05, 3.63) is 72.1 Å². The maximum Gasteiger partial charge on any atom is 0.362 e. The van der Waals surface area contributed by atoms with E-state index in [1.165, 1.54) is 31.0 Å². The Morgan fingerprint density at radius 3 is 2.41 bits per heavy atom. The number of benzene rings is 2. The molecule has 2 aromatic carbocycles. The minimum absolute atomic E-state index is 0.0144. The molecule has 0 aliphatic heterocycles. The van der Waals surface area contributed by atoms with Gasteiger partial charge in [0.05, 0.1) is 23.4 Å². The maximum atomic E-state index is 12.5. The second-order valence-corrected chi connectivity index (χ2v) is 9.42. The van der Waals surface area contributed by atoms with Gasteiger partial charge in [0.25, 0.3) is 5.91 Å². The Balaban J connectivity index is 1.71. The number of sulfonamides is 1. The summed E-state index contributed by atoms with van der Waals surface area (Å²) in [6, 6.07) is 15.5. The number of hydrogen-bond acceptors (Lipinski definition) is 7. The number of aromatic nitrogens is 2. The average Bonchev–Trinajstić information content (AvgIpc) is 3.26. The molecule has 1 amide bonds. The molecule has 11 heteroatoms. The molecule has 3 aromatic rings.